The molecule has 0 saturated heterocycles. The lowest BCUT2D eigenvalue weighted by Crippen LogP contribution is -2.07. The molecule has 0 N–H and O–H groups in total. The highest BCUT2D eigenvalue weighted by Gasteiger charge is 2.24. The van der Waals surface area contributed by atoms with E-state index in [0.29, 0.717) is 0 Å². The maximum absolute atomic E-state index is 5.32. The van der Waals surface area contributed by atoms with Gasteiger partial charge in [0.25, 0.3) is 0 Å². The summed E-state index contributed by atoms with van der Waals surface area (Å²) < 4.78 is 7.44. The minimum atomic E-state index is 0.798. The lowest BCUT2D eigenvalue weighted by atomic mass is 10.2. The Bertz CT molecular complexity index is 1100. The van der Waals surface area contributed by atoms with E-state index in [9.17, 15) is 0 Å². The van der Waals surface area contributed by atoms with Gasteiger partial charge >= 0.3 is 0 Å². The van der Waals surface area contributed by atoms with E-state index in [1.807, 2.05) is 30.3 Å². The van der Waals surface area contributed by atoms with Gasteiger partial charge in [-0.05, 0) is 24.3 Å². The lowest BCUT2D eigenvalue weighted by Gasteiger charge is -2.17. The zero-order chi connectivity index (χ0) is 17.5. The molecule has 0 unspecified atom stereocenters. The smallest absolute Gasteiger partial charge is 0.197 e. The minimum Gasteiger partial charge on any atom is -0.497 e. The highest BCUT2D eigenvalue weighted by molar-refractivity contribution is 7.98. The molecule has 7 heteroatoms. The molecule has 0 atom stereocenters. The molecule has 1 aliphatic heterocycles. The average Bonchev–Trinajstić information content (AvgIpc) is 3.35. The van der Waals surface area contributed by atoms with Gasteiger partial charge in [0.15, 0.2) is 10.8 Å². The van der Waals surface area contributed by atoms with E-state index in [1.165, 1.54) is 4.90 Å². The van der Waals surface area contributed by atoms with Gasteiger partial charge in [-0.2, -0.15) is 0 Å². The first kappa shape index (κ1) is 15.6. The van der Waals surface area contributed by atoms with Crippen molar-refractivity contribution < 1.29 is 4.74 Å². The number of ether oxygens (including phenoxy) is 1. The van der Waals surface area contributed by atoms with Gasteiger partial charge in [0.2, 0.25) is 0 Å². The fourth-order valence-corrected chi connectivity index (χ4v) is 4.75. The fourth-order valence-electron chi connectivity index (χ4n) is 3.00. The van der Waals surface area contributed by atoms with Gasteiger partial charge in [-0.25, -0.2) is 4.98 Å². The SMILES string of the molecule is COc1cccc(-c2csc(-c3nnc4n3-c3ccccc3SC4)n2)c1. The average molecular weight is 378 g/mol. The minimum absolute atomic E-state index is 0.798. The van der Waals surface area contributed by atoms with E-state index in [-0.39, 0.29) is 0 Å². The van der Waals surface area contributed by atoms with Gasteiger partial charge in [-0.1, -0.05) is 24.3 Å². The standard InChI is InChI=1S/C19H14N4OS2/c1-24-13-6-4-5-12(9-13)14-10-26-19(20-14)18-22-21-17-11-25-16-8-3-2-7-15(16)23(17)18/h2-10H,11H2,1H3. The van der Waals surface area contributed by atoms with Gasteiger partial charge < -0.3 is 4.74 Å². The van der Waals surface area contributed by atoms with E-state index in [2.05, 4.69) is 38.3 Å². The van der Waals surface area contributed by atoms with Crippen LogP contribution in [0.25, 0.3) is 27.8 Å². The van der Waals surface area contributed by atoms with Crippen molar-refractivity contribution in [1.29, 1.82) is 0 Å². The Balaban J connectivity index is 1.59. The number of benzene rings is 2. The molecule has 0 spiro atoms. The summed E-state index contributed by atoms with van der Waals surface area (Å²) in [6.45, 7) is 0. The molecule has 0 fully saturated rings. The number of thioether (sulfide) groups is 1. The van der Waals surface area contributed by atoms with Crippen molar-refractivity contribution in [3.8, 4) is 33.5 Å². The predicted molar refractivity (Wildman–Crippen MR) is 104 cm³/mol. The van der Waals surface area contributed by atoms with Crippen LogP contribution < -0.4 is 4.74 Å². The molecule has 0 aliphatic carbocycles. The largest absolute Gasteiger partial charge is 0.497 e. The van der Waals surface area contributed by atoms with Crippen LogP contribution in [-0.4, -0.2) is 26.9 Å². The Morgan fingerprint density at radius 3 is 2.92 bits per heavy atom. The Morgan fingerprint density at radius 1 is 1.08 bits per heavy atom. The van der Waals surface area contributed by atoms with Crippen LogP contribution >= 0.6 is 23.1 Å². The number of methoxy groups -OCH3 is 1. The second-order valence-electron chi connectivity index (χ2n) is 5.80. The van der Waals surface area contributed by atoms with Crippen molar-refractivity contribution in [2.75, 3.05) is 7.11 Å². The molecule has 5 rings (SSSR count). The van der Waals surface area contributed by atoms with E-state index in [1.54, 1.807) is 30.2 Å². The number of para-hydroxylation sites is 1. The molecule has 26 heavy (non-hydrogen) atoms. The third-order valence-corrected chi connectivity index (χ3v) is 6.15. The van der Waals surface area contributed by atoms with Crippen molar-refractivity contribution in [1.82, 2.24) is 19.7 Å². The molecule has 3 heterocycles. The summed E-state index contributed by atoms with van der Waals surface area (Å²) in [6, 6.07) is 16.3. The summed E-state index contributed by atoms with van der Waals surface area (Å²) in [5, 5.41) is 11.7. The molecule has 0 amide bonds. The van der Waals surface area contributed by atoms with Crippen LogP contribution in [0.15, 0.2) is 58.8 Å². The summed E-state index contributed by atoms with van der Waals surface area (Å²) in [6.07, 6.45) is 0. The predicted octanol–water partition coefficient (Wildman–Crippen LogP) is 4.67. The summed E-state index contributed by atoms with van der Waals surface area (Å²) in [4.78, 5) is 6.05. The lowest BCUT2D eigenvalue weighted by molar-refractivity contribution is 0.415. The summed E-state index contributed by atoms with van der Waals surface area (Å²) in [7, 11) is 1.67. The molecular weight excluding hydrogens is 364 g/mol. The molecule has 128 valence electrons. The van der Waals surface area contributed by atoms with Crippen LogP contribution in [0.4, 0.5) is 0 Å². The van der Waals surface area contributed by atoms with Gasteiger partial charge in [0.05, 0.1) is 24.2 Å². The molecule has 0 radical (unpaired) electrons. The number of hydrogen-bond donors (Lipinski definition) is 0. The number of aromatic nitrogens is 4. The van der Waals surface area contributed by atoms with Crippen LogP contribution in [0.5, 0.6) is 5.75 Å². The first-order valence-corrected chi connectivity index (χ1v) is 9.97. The summed E-state index contributed by atoms with van der Waals surface area (Å²) >= 11 is 3.37. The quantitative estimate of drug-likeness (QED) is 0.518. The second kappa shape index (κ2) is 6.26. The summed E-state index contributed by atoms with van der Waals surface area (Å²) in [5.74, 6) is 3.40. The molecule has 5 nitrogen and oxygen atoms in total. The third-order valence-electron chi connectivity index (χ3n) is 4.25. The van der Waals surface area contributed by atoms with Crippen molar-refractivity contribution >= 4 is 23.1 Å². The van der Waals surface area contributed by atoms with Gasteiger partial charge in [0, 0.05) is 15.8 Å². The highest BCUT2D eigenvalue weighted by atomic mass is 32.2. The molecular formula is C19H14N4OS2. The first-order valence-electron chi connectivity index (χ1n) is 8.10. The van der Waals surface area contributed by atoms with Crippen molar-refractivity contribution in [2.24, 2.45) is 0 Å². The Labute approximate surface area is 158 Å². The molecule has 0 bridgehead atoms. The normalized spacial score (nSPS) is 12.5. The maximum Gasteiger partial charge on any atom is 0.197 e. The van der Waals surface area contributed by atoms with Gasteiger partial charge in [-0.3, -0.25) is 4.57 Å². The van der Waals surface area contributed by atoms with Gasteiger partial charge in [-0.15, -0.1) is 33.3 Å². The van der Waals surface area contributed by atoms with Crippen LogP contribution in [0.2, 0.25) is 0 Å². The Hall–Kier alpha value is -2.64. The number of thiazole rings is 1. The van der Waals surface area contributed by atoms with Crippen LogP contribution in [-0.2, 0) is 5.75 Å². The third kappa shape index (κ3) is 2.51. The van der Waals surface area contributed by atoms with E-state index in [0.717, 1.165) is 45.1 Å². The number of rotatable bonds is 3. The zero-order valence-corrected chi connectivity index (χ0v) is 15.5. The number of nitrogens with zero attached hydrogens (tertiary/aromatic N) is 4. The fraction of sp³-hybridized carbons (Fsp3) is 0.105. The van der Waals surface area contributed by atoms with Crippen molar-refractivity contribution in [2.45, 2.75) is 10.6 Å². The van der Waals surface area contributed by atoms with Crippen molar-refractivity contribution in [3.05, 3.63) is 59.7 Å². The van der Waals surface area contributed by atoms with E-state index in [4.69, 9.17) is 9.72 Å². The number of fused-ring (bicyclic) bond motifs is 3. The molecule has 2 aromatic heterocycles. The van der Waals surface area contributed by atoms with Crippen molar-refractivity contribution in [3.63, 3.8) is 0 Å². The van der Waals surface area contributed by atoms with Crippen LogP contribution in [0.1, 0.15) is 5.82 Å². The zero-order valence-electron chi connectivity index (χ0n) is 13.9. The first-order chi connectivity index (χ1) is 12.8. The van der Waals surface area contributed by atoms with E-state index >= 15 is 0 Å². The van der Waals surface area contributed by atoms with Crippen LogP contribution in [0.3, 0.4) is 0 Å². The molecule has 1 aliphatic rings. The highest BCUT2D eigenvalue weighted by Crippen LogP contribution is 2.38. The molecule has 0 saturated carbocycles. The van der Waals surface area contributed by atoms with Crippen LogP contribution in [0, 0.1) is 0 Å². The van der Waals surface area contributed by atoms with Gasteiger partial charge in [0.1, 0.15) is 11.6 Å². The maximum atomic E-state index is 5.32. The Morgan fingerprint density at radius 2 is 2.00 bits per heavy atom. The summed E-state index contributed by atoms with van der Waals surface area (Å²) in [5.41, 5.74) is 3.07. The second-order valence-corrected chi connectivity index (χ2v) is 7.68. The Kier molecular flexibility index (Phi) is 3.76. The number of hydrogen-bond acceptors (Lipinski definition) is 6. The molecule has 2 aromatic carbocycles. The monoisotopic (exact) mass is 378 g/mol. The molecule has 4 aromatic rings. The van der Waals surface area contributed by atoms with E-state index < -0.39 is 0 Å². The topological polar surface area (TPSA) is 52.8 Å².